The van der Waals surface area contributed by atoms with Crippen LogP contribution < -0.4 is 0 Å². The van der Waals surface area contributed by atoms with Gasteiger partial charge in [0.05, 0.1) is 11.0 Å². The Labute approximate surface area is 131 Å². The van der Waals surface area contributed by atoms with E-state index in [-0.39, 0.29) is 10.8 Å². The van der Waals surface area contributed by atoms with Crippen molar-refractivity contribution >= 4 is 15.9 Å². The Morgan fingerprint density at radius 2 is 2.05 bits per heavy atom. The number of likely N-dealkylation sites (tertiary alicyclic amines) is 1. The minimum Gasteiger partial charge on any atom is -0.391 e. The summed E-state index contributed by atoms with van der Waals surface area (Å²) in [6.07, 6.45) is 0.938. The molecule has 1 aliphatic heterocycles. The molecule has 1 fully saturated rings. The second-order valence-corrected chi connectivity index (χ2v) is 7.94. The molecule has 1 N–H and O–H groups in total. The third kappa shape index (κ3) is 3.31. The summed E-state index contributed by atoms with van der Waals surface area (Å²) in [6.45, 7) is 2.58. The zero-order valence-electron chi connectivity index (χ0n) is 13.1. The molecule has 1 amide bonds. The predicted molar refractivity (Wildman–Crippen MR) is 83.2 cm³/mol. The molecule has 1 atom stereocenters. The lowest BCUT2D eigenvalue weighted by atomic mass is 10.1. The van der Waals surface area contributed by atoms with Crippen molar-refractivity contribution in [2.24, 2.45) is 0 Å². The number of hydrogen-bond donors (Lipinski definition) is 1. The largest absolute Gasteiger partial charge is 0.391 e. The Kier molecular flexibility index (Phi) is 4.89. The Balaban J connectivity index is 2.35. The van der Waals surface area contributed by atoms with Gasteiger partial charge in [0.2, 0.25) is 10.0 Å². The first-order chi connectivity index (χ1) is 10.2. The molecule has 1 saturated heterocycles. The molecule has 0 spiro atoms. The minimum atomic E-state index is -3.59. The molecule has 6 nitrogen and oxygen atoms in total. The van der Waals surface area contributed by atoms with E-state index < -0.39 is 16.1 Å². The SMILES string of the molecule is Cc1ccc(C(=O)N2CCCC(O)C2)cc1S(=O)(=O)N(C)C. The molecular weight excluding hydrogens is 304 g/mol. The second kappa shape index (κ2) is 6.36. The summed E-state index contributed by atoms with van der Waals surface area (Å²) < 4.78 is 25.8. The number of aliphatic hydroxyl groups excluding tert-OH is 1. The molecule has 122 valence electrons. The summed E-state index contributed by atoms with van der Waals surface area (Å²) >= 11 is 0. The van der Waals surface area contributed by atoms with Gasteiger partial charge in [0, 0.05) is 32.7 Å². The molecule has 0 aromatic heterocycles. The maximum atomic E-state index is 12.5. The van der Waals surface area contributed by atoms with Crippen molar-refractivity contribution in [1.29, 1.82) is 0 Å². The number of amides is 1. The van der Waals surface area contributed by atoms with Crippen LogP contribution in [0.4, 0.5) is 0 Å². The average Bonchev–Trinajstić information content (AvgIpc) is 2.46. The first kappa shape index (κ1) is 16.9. The molecule has 0 saturated carbocycles. The van der Waals surface area contributed by atoms with Crippen LogP contribution in [0.25, 0.3) is 0 Å². The van der Waals surface area contributed by atoms with Gasteiger partial charge in [-0.3, -0.25) is 4.79 Å². The molecule has 1 aliphatic rings. The molecule has 1 aromatic carbocycles. The van der Waals surface area contributed by atoms with Gasteiger partial charge >= 0.3 is 0 Å². The lowest BCUT2D eigenvalue weighted by molar-refractivity contribution is 0.0473. The van der Waals surface area contributed by atoms with E-state index in [0.29, 0.717) is 30.6 Å². The molecule has 0 radical (unpaired) electrons. The lowest BCUT2D eigenvalue weighted by Crippen LogP contribution is -2.42. The second-order valence-electron chi connectivity index (χ2n) is 5.81. The highest BCUT2D eigenvalue weighted by Gasteiger charge is 2.26. The van der Waals surface area contributed by atoms with Gasteiger partial charge in [0.15, 0.2) is 0 Å². The van der Waals surface area contributed by atoms with Crippen LogP contribution in [-0.2, 0) is 10.0 Å². The van der Waals surface area contributed by atoms with Gasteiger partial charge in [-0.15, -0.1) is 0 Å². The summed E-state index contributed by atoms with van der Waals surface area (Å²) in [5, 5.41) is 9.68. The summed E-state index contributed by atoms with van der Waals surface area (Å²) in [5.74, 6) is -0.242. The number of piperidine rings is 1. The van der Waals surface area contributed by atoms with E-state index in [2.05, 4.69) is 0 Å². The number of sulfonamides is 1. The van der Waals surface area contributed by atoms with Crippen LogP contribution in [-0.4, -0.2) is 61.9 Å². The number of benzene rings is 1. The van der Waals surface area contributed by atoms with Crippen molar-refractivity contribution in [1.82, 2.24) is 9.21 Å². The molecule has 1 heterocycles. The van der Waals surface area contributed by atoms with Crippen LogP contribution >= 0.6 is 0 Å². The van der Waals surface area contributed by atoms with E-state index in [1.54, 1.807) is 24.0 Å². The topological polar surface area (TPSA) is 77.9 Å². The predicted octanol–water partition coefficient (Wildman–Crippen LogP) is 0.842. The Morgan fingerprint density at radius 3 is 2.64 bits per heavy atom. The standard InChI is InChI=1S/C15H22N2O4S/c1-11-6-7-12(9-14(11)22(20,21)16(2)3)15(19)17-8-4-5-13(18)10-17/h6-7,9,13,18H,4-5,8,10H2,1-3H3. The molecule has 2 rings (SSSR count). The van der Waals surface area contributed by atoms with Crippen molar-refractivity contribution in [3.8, 4) is 0 Å². The maximum Gasteiger partial charge on any atom is 0.253 e. The highest BCUT2D eigenvalue weighted by atomic mass is 32.2. The van der Waals surface area contributed by atoms with E-state index in [9.17, 15) is 18.3 Å². The Hall–Kier alpha value is -1.44. The molecule has 1 aromatic rings. The summed E-state index contributed by atoms with van der Waals surface area (Å²) in [5.41, 5.74) is 0.934. The first-order valence-electron chi connectivity index (χ1n) is 7.24. The lowest BCUT2D eigenvalue weighted by Gasteiger charge is -2.30. The van der Waals surface area contributed by atoms with Crippen molar-refractivity contribution in [2.45, 2.75) is 30.8 Å². The van der Waals surface area contributed by atoms with Crippen molar-refractivity contribution < 1.29 is 18.3 Å². The molecular formula is C15H22N2O4S. The first-order valence-corrected chi connectivity index (χ1v) is 8.68. The highest BCUT2D eigenvalue weighted by molar-refractivity contribution is 7.89. The van der Waals surface area contributed by atoms with Gasteiger partial charge in [-0.25, -0.2) is 12.7 Å². The van der Waals surface area contributed by atoms with Crippen LogP contribution in [0.2, 0.25) is 0 Å². The fourth-order valence-electron chi connectivity index (χ4n) is 2.53. The summed E-state index contributed by atoms with van der Waals surface area (Å²) in [4.78, 5) is 14.2. The van der Waals surface area contributed by atoms with Crippen molar-refractivity contribution in [2.75, 3.05) is 27.2 Å². The van der Waals surface area contributed by atoms with E-state index in [1.807, 2.05) is 0 Å². The van der Waals surface area contributed by atoms with Gasteiger partial charge in [0.25, 0.3) is 5.91 Å². The number of aliphatic hydroxyl groups is 1. The monoisotopic (exact) mass is 326 g/mol. The molecule has 0 bridgehead atoms. The molecule has 22 heavy (non-hydrogen) atoms. The van der Waals surface area contributed by atoms with Gasteiger partial charge < -0.3 is 10.0 Å². The smallest absolute Gasteiger partial charge is 0.253 e. The van der Waals surface area contributed by atoms with Gasteiger partial charge in [-0.2, -0.15) is 0 Å². The van der Waals surface area contributed by atoms with E-state index >= 15 is 0 Å². The maximum absolute atomic E-state index is 12.5. The minimum absolute atomic E-state index is 0.140. The molecule has 1 unspecified atom stereocenters. The van der Waals surface area contributed by atoms with Crippen LogP contribution in [0.1, 0.15) is 28.8 Å². The van der Waals surface area contributed by atoms with Crippen molar-refractivity contribution in [3.05, 3.63) is 29.3 Å². The molecule has 0 aliphatic carbocycles. The van der Waals surface area contributed by atoms with Gasteiger partial charge in [0.1, 0.15) is 0 Å². The van der Waals surface area contributed by atoms with E-state index in [0.717, 1.165) is 10.7 Å². The number of carbonyl (C=O) groups excluding carboxylic acids is 1. The Morgan fingerprint density at radius 1 is 1.36 bits per heavy atom. The van der Waals surface area contributed by atoms with E-state index in [1.165, 1.54) is 20.2 Å². The number of β-amino-alcohol motifs (C(OH)–C–C–N with tert-alkyl or cyclic N) is 1. The van der Waals surface area contributed by atoms with E-state index in [4.69, 9.17) is 0 Å². The fraction of sp³-hybridized carbons (Fsp3) is 0.533. The van der Waals surface area contributed by atoms with Crippen LogP contribution in [0, 0.1) is 6.92 Å². The summed E-state index contributed by atoms with van der Waals surface area (Å²) in [6, 6.07) is 4.70. The fourth-order valence-corrected chi connectivity index (χ4v) is 3.67. The number of hydrogen-bond acceptors (Lipinski definition) is 4. The number of carbonyl (C=O) groups is 1. The quantitative estimate of drug-likeness (QED) is 0.893. The van der Waals surface area contributed by atoms with Crippen LogP contribution in [0.5, 0.6) is 0 Å². The third-order valence-corrected chi connectivity index (χ3v) is 5.83. The van der Waals surface area contributed by atoms with Crippen LogP contribution in [0.15, 0.2) is 23.1 Å². The number of nitrogens with zero attached hydrogens (tertiary/aromatic N) is 2. The van der Waals surface area contributed by atoms with Crippen LogP contribution in [0.3, 0.4) is 0 Å². The number of aryl methyl sites for hydroxylation is 1. The summed E-state index contributed by atoms with van der Waals surface area (Å²) in [7, 11) is -0.667. The average molecular weight is 326 g/mol. The highest BCUT2D eigenvalue weighted by Crippen LogP contribution is 2.21. The van der Waals surface area contributed by atoms with Crippen molar-refractivity contribution in [3.63, 3.8) is 0 Å². The Bertz CT molecular complexity index is 670. The van der Waals surface area contributed by atoms with Gasteiger partial charge in [-0.05, 0) is 37.5 Å². The zero-order chi connectivity index (χ0) is 16.5. The molecule has 7 heteroatoms. The third-order valence-electron chi connectivity index (χ3n) is 3.88. The number of rotatable bonds is 3. The van der Waals surface area contributed by atoms with Gasteiger partial charge in [-0.1, -0.05) is 6.07 Å². The zero-order valence-corrected chi connectivity index (χ0v) is 13.9. The normalized spacial score (nSPS) is 19.5.